The summed E-state index contributed by atoms with van der Waals surface area (Å²) in [5.74, 6) is -2.48. The Kier molecular flexibility index (Phi) is 4.95. The zero-order valence-corrected chi connectivity index (χ0v) is 12.0. The predicted octanol–water partition coefficient (Wildman–Crippen LogP) is 2.83. The third-order valence-corrected chi connectivity index (χ3v) is 3.17. The number of carbonyl (C=O) groups excluding carboxylic acids is 1. The summed E-state index contributed by atoms with van der Waals surface area (Å²) in [5.41, 5.74) is 4.69. The molecule has 0 aliphatic heterocycles. The number of nitrogens with two attached hydrogens (primary N) is 1. The summed E-state index contributed by atoms with van der Waals surface area (Å²) in [6.45, 7) is -0.459. The minimum atomic E-state index is -1.54. The number of carbonyl (C=O) groups is 1. The van der Waals surface area contributed by atoms with E-state index < -0.39 is 35.8 Å². The lowest BCUT2D eigenvalue weighted by Gasteiger charge is -2.15. The first kappa shape index (κ1) is 16.2. The topological polar surface area (TPSA) is 72.6 Å². The van der Waals surface area contributed by atoms with Crippen LogP contribution in [0.4, 0.5) is 8.78 Å². The van der Waals surface area contributed by atoms with Crippen molar-refractivity contribution in [3.05, 3.63) is 64.2 Å². The van der Waals surface area contributed by atoms with Crippen LogP contribution in [0.15, 0.2) is 36.4 Å². The molecule has 2 rings (SSSR count). The molecular formula is C15H12ClF2NO3. The van der Waals surface area contributed by atoms with Gasteiger partial charge in [-0.25, -0.2) is 8.78 Å². The van der Waals surface area contributed by atoms with E-state index >= 15 is 0 Å². The minimum absolute atomic E-state index is 0.00806. The van der Waals surface area contributed by atoms with E-state index in [1.165, 1.54) is 24.3 Å². The average Bonchev–Trinajstić information content (AvgIpc) is 2.45. The first-order valence-corrected chi connectivity index (χ1v) is 6.62. The van der Waals surface area contributed by atoms with Crippen LogP contribution in [-0.4, -0.2) is 17.6 Å². The third-order valence-electron chi connectivity index (χ3n) is 2.94. The van der Waals surface area contributed by atoms with Gasteiger partial charge in [-0.15, -0.1) is 0 Å². The van der Waals surface area contributed by atoms with Crippen LogP contribution in [0, 0.1) is 11.6 Å². The smallest absolute Gasteiger partial charge is 0.252 e. The molecule has 0 bridgehead atoms. The van der Waals surface area contributed by atoms with E-state index in [2.05, 4.69) is 0 Å². The fourth-order valence-corrected chi connectivity index (χ4v) is 2.07. The second kappa shape index (κ2) is 6.72. The summed E-state index contributed by atoms with van der Waals surface area (Å²) in [6, 6.07) is 7.38. The molecule has 2 aromatic rings. The van der Waals surface area contributed by atoms with Gasteiger partial charge in [-0.3, -0.25) is 4.79 Å². The summed E-state index contributed by atoms with van der Waals surface area (Å²) < 4.78 is 32.3. The van der Waals surface area contributed by atoms with Crippen LogP contribution in [0.5, 0.6) is 5.75 Å². The van der Waals surface area contributed by atoms with Crippen LogP contribution in [0.2, 0.25) is 5.02 Å². The van der Waals surface area contributed by atoms with Crippen LogP contribution in [0.1, 0.15) is 22.0 Å². The van der Waals surface area contributed by atoms with E-state index in [-0.39, 0.29) is 16.3 Å². The highest BCUT2D eigenvalue weighted by atomic mass is 35.5. The molecule has 0 spiro atoms. The number of hydrogen-bond donors (Lipinski definition) is 2. The van der Waals surface area contributed by atoms with Crippen molar-refractivity contribution in [1.29, 1.82) is 0 Å². The number of halogens is 3. The summed E-state index contributed by atoms with van der Waals surface area (Å²) in [4.78, 5) is 11.3. The maximum atomic E-state index is 13.5. The van der Waals surface area contributed by atoms with Gasteiger partial charge < -0.3 is 15.6 Å². The molecule has 0 fully saturated rings. The van der Waals surface area contributed by atoms with Crippen LogP contribution >= 0.6 is 11.6 Å². The second-order valence-corrected chi connectivity index (χ2v) is 4.90. The molecule has 0 aliphatic rings. The van der Waals surface area contributed by atoms with Crippen molar-refractivity contribution in [2.75, 3.05) is 6.61 Å². The van der Waals surface area contributed by atoms with Gasteiger partial charge in [0.25, 0.3) is 5.91 Å². The highest BCUT2D eigenvalue weighted by Crippen LogP contribution is 2.25. The van der Waals surface area contributed by atoms with Crippen molar-refractivity contribution in [3.63, 3.8) is 0 Å². The summed E-state index contributed by atoms with van der Waals surface area (Å²) in [7, 11) is 0. The van der Waals surface area contributed by atoms with Gasteiger partial charge >= 0.3 is 0 Å². The molecule has 2 aromatic carbocycles. The van der Waals surface area contributed by atoms with Crippen molar-refractivity contribution in [1.82, 2.24) is 0 Å². The molecular weight excluding hydrogens is 316 g/mol. The standard InChI is InChI=1S/C15H12ClF2NO3/c16-8-4-5-13(9(6-8)15(19)21)22-7-12(20)14-10(17)2-1-3-11(14)18/h1-6,12,20H,7H2,(H2,19,21)/t12-/m1/s1. The SMILES string of the molecule is NC(=O)c1cc(Cl)ccc1OC[C@@H](O)c1c(F)cccc1F. The number of benzene rings is 2. The lowest BCUT2D eigenvalue weighted by molar-refractivity contribution is 0.0946. The Morgan fingerprint density at radius 3 is 2.50 bits per heavy atom. The van der Waals surface area contributed by atoms with E-state index in [0.717, 1.165) is 12.1 Å². The molecule has 1 atom stereocenters. The van der Waals surface area contributed by atoms with E-state index in [4.69, 9.17) is 22.1 Å². The maximum Gasteiger partial charge on any atom is 0.252 e. The molecule has 0 unspecified atom stereocenters. The third kappa shape index (κ3) is 3.52. The molecule has 0 heterocycles. The highest BCUT2D eigenvalue weighted by Gasteiger charge is 2.19. The molecule has 0 saturated heterocycles. The van der Waals surface area contributed by atoms with E-state index in [9.17, 15) is 18.7 Å². The van der Waals surface area contributed by atoms with Gasteiger partial charge in [0.1, 0.15) is 30.1 Å². The van der Waals surface area contributed by atoms with Gasteiger partial charge in [0.15, 0.2) is 0 Å². The fraction of sp³-hybridized carbons (Fsp3) is 0.133. The number of hydrogen-bond acceptors (Lipinski definition) is 3. The van der Waals surface area contributed by atoms with Gasteiger partial charge in [-0.05, 0) is 30.3 Å². The molecule has 4 nitrogen and oxygen atoms in total. The average molecular weight is 328 g/mol. The number of ether oxygens (including phenoxy) is 1. The Balaban J connectivity index is 2.18. The van der Waals surface area contributed by atoms with E-state index in [0.29, 0.717) is 0 Å². The van der Waals surface area contributed by atoms with Crippen molar-refractivity contribution in [2.24, 2.45) is 5.73 Å². The monoisotopic (exact) mass is 327 g/mol. The summed E-state index contributed by atoms with van der Waals surface area (Å²) in [5, 5.41) is 10.2. The molecule has 3 N–H and O–H groups in total. The Hall–Kier alpha value is -2.18. The highest BCUT2D eigenvalue weighted by molar-refractivity contribution is 6.31. The normalized spacial score (nSPS) is 12.0. The van der Waals surface area contributed by atoms with E-state index in [1.807, 2.05) is 0 Å². The van der Waals surface area contributed by atoms with Crippen LogP contribution in [-0.2, 0) is 0 Å². The molecule has 0 saturated carbocycles. The summed E-state index contributed by atoms with van der Waals surface area (Å²) >= 11 is 5.75. The minimum Gasteiger partial charge on any atom is -0.490 e. The number of rotatable bonds is 5. The fourth-order valence-electron chi connectivity index (χ4n) is 1.90. The van der Waals surface area contributed by atoms with Crippen molar-refractivity contribution in [3.8, 4) is 5.75 Å². The zero-order valence-electron chi connectivity index (χ0n) is 11.2. The van der Waals surface area contributed by atoms with Crippen LogP contribution < -0.4 is 10.5 Å². The van der Waals surface area contributed by atoms with Gasteiger partial charge in [-0.1, -0.05) is 17.7 Å². The molecule has 1 amide bonds. The van der Waals surface area contributed by atoms with Crippen LogP contribution in [0.3, 0.4) is 0 Å². The number of aliphatic hydroxyl groups is 1. The Bertz CT molecular complexity index is 689. The lowest BCUT2D eigenvalue weighted by atomic mass is 10.1. The molecule has 7 heteroatoms. The number of aliphatic hydroxyl groups excluding tert-OH is 1. The summed E-state index contributed by atoms with van der Waals surface area (Å²) in [6.07, 6.45) is -1.54. The maximum absolute atomic E-state index is 13.5. The Morgan fingerprint density at radius 1 is 1.27 bits per heavy atom. The van der Waals surface area contributed by atoms with Crippen LogP contribution in [0.25, 0.3) is 0 Å². The molecule has 0 aromatic heterocycles. The van der Waals surface area contributed by atoms with Gasteiger partial charge in [0.2, 0.25) is 0 Å². The number of primary amides is 1. The number of amides is 1. The van der Waals surface area contributed by atoms with Gasteiger partial charge in [0.05, 0.1) is 11.1 Å². The van der Waals surface area contributed by atoms with Crippen molar-refractivity contribution < 1.29 is 23.4 Å². The van der Waals surface area contributed by atoms with Crippen molar-refractivity contribution >= 4 is 17.5 Å². The van der Waals surface area contributed by atoms with E-state index in [1.54, 1.807) is 0 Å². The lowest BCUT2D eigenvalue weighted by Crippen LogP contribution is -2.17. The first-order chi connectivity index (χ1) is 10.4. The van der Waals surface area contributed by atoms with Gasteiger partial charge in [-0.2, -0.15) is 0 Å². The Morgan fingerprint density at radius 2 is 1.91 bits per heavy atom. The predicted molar refractivity (Wildman–Crippen MR) is 76.8 cm³/mol. The Labute approximate surface area is 130 Å². The quantitative estimate of drug-likeness (QED) is 0.887. The molecule has 22 heavy (non-hydrogen) atoms. The second-order valence-electron chi connectivity index (χ2n) is 4.47. The molecule has 116 valence electrons. The van der Waals surface area contributed by atoms with Crippen molar-refractivity contribution in [2.45, 2.75) is 6.10 Å². The largest absolute Gasteiger partial charge is 0.490 e. The zero-order chi connectivity index (χ0) is 16.3. The molecule has 0 aliphatic carbocycles. The molecule has 0 radical (unpaired) electrons. The van der Waals surface area contributed by atoms with Gasteiger partial charge in [0, 0.05) is 5.02 Å². The first-order valence-electron chi connectivity index (χ1n) is 6.24.